The highest BCUT2D eigenvalue weighted by Gasteiger charge is 2.11. The van der Waals surface area contributed by atoms with Gasteiger partial charge in [0.1, 0.15) is 5.69 Å². The topological polar surface area (TPSA) is 84.0 Å². The largest absolute Gasteiger partial charge is 0.324 e. The molecular weight excluding hydrogens is 364 g/mol. The van der Waals surface area contributed by atoms with E-state index in [-0.39, 0.29) is 17.4 Å². The first kappa shape index (κ1) is 18.5. The first-order chi connectivity index (χ1) is 12.9. The summed E-state index contributed by atoms with van der Waals surface area (Å²) in [6.07, 6.45) is 1.50. The van der Waals surface area contributed by atoms with E-state index in [1.165, 1.54) is 19.2 Å². The van der Waals surface area contributed by atoms with Crippen molar-refractivity contribution in [3.05, 3.63) is 76.6 Å². The molecule has 7 heteroatoms. The lowest BCUT2D eigenvalue weighted by Gasteiger charge is -2.10. The number of nitrogens with zero attached hydrogens (tertiary/aromatic N) is 2. The van der Waals surface area contributed by atoms with Crippen LogP contribution in [0.25, 0.3) is 0 Å². The maximum absolute atomic E-state index is 12.4. The molecule has 3 rings (SSSR count). The van der Waals surface area contributed by atoms with Crippen molar-refractivity contribution in [2.75, 3.05) is 10.6 Å². The highest BCUT2D eigenvalue weighted by Crippen LogP contribution is 2.24. The molecular formula is C20H17ClN4O2. The minimum Gasteiger partial charge on any atom is -0.324 e. The van der Waals surface area contributed by atoms with Crippen LogP contribution in [-0.2, 0) is 0 Å². The summed E-state index contributed by atoms with van der Waals surface area (Å²) in [5, 5.41) is 6.44. The maximum Gasteiger partial charge on any atom is 0.274 e. The van der Waals surface area contributed by atoms with Crippen molar-refractivity contribution in [3.8, 4) is 0 Å². The summed E-state index contributed by atoms with van der Waals surface area (Å²) in [4.78, 5) is 32.1. The average Bonchev–Trinajstić information content (AvgIpc) is 2.66. The summed E-state index contributed by atoms with van der Waals surface area (Å²) < 4.78 is 0. The van der Waals surface area contributed by atoms with Crippen molar-refractivity contribution < 1.29 is 9.59 Å². The van der Waals surface area contributed by atoms with E-state index in [0.717, 1.165) is 11.3 Å². The Kier molecular flexibility index (Phi) is 5.47. The van der Waals surface area contributed by atoms with Crippen LogP contribution < -0.4 is 10.6 Å². The lowest BCUT2D eigenvalue weighted by molar-refractivity contribution is 0.101. The van der Waals surface area contributed by atoms with Crippen molar-refractivity contribution >= 4 is 40.6 Å². The van der Waals surface area contributed by atoms with Crippen LogP contribution in [0, 0.1) is 6.92 Å². The molecule has 6 nitrogen and oxygen atoms in total. The molecule has 2 N–H and O–H groups in total. The van der Waals surface area contributed by atoms with E-state index in [9.17, 15) is 9.59 Å². The Morgan fingerprint density at radius 2 is 1.78 bits per heavy atom. The smallest absolute Gasteiger partial charge is 0.274 e. The number of carbonyl (C=O) groups excluding carboxylic acids is 2. The van der Waals surface area contributed by atoms with Gasteiger partial charge in [-0.1, -0.05) is 17.7 Å². The molecule has 0 spiro atoms. The number of hydrogen-bond acceptors (Lipinski definition) is 5. The molecule has 0 atom stereocenters. The third-order valence-electron chi connectivity index (χ3n) is 3.95. The third-order valence-corrected chi connectivity index (χ3v) is 4.36. The Labute approximate surface area is 161 Å². The molecule has 1 aromatic heterocycles. The van der Waals surface area contributed by atoms with Crippen molar-refractivity contribution in [3.63, 3.8) is 0 Å². The lowest BCUT2D eigenvalue weighted by atomic mass is 10.1. The SMILES string of the molecule is CC(=O)c1ccc(NC(=O)c2ccnc(Nc3cccc(Cl)c3C)n2)cc1. The molecule has 27 heavy (non-hydrogen) atoms. The van der Waals surface area contributed by atoms with E-state index in [1.54, 1.807) is 30.3 Å². The van der Waals surface area contributed by atoms with E-state index < -0.39 is 0 Å². The number of benzene rings is 2. The van der Waals surface area contributed by atoms with Gasteiger partial charge in [-0.2, -0.15) is 0 Å². The van der Waals surface area contributed by atoms with E-state index in [4.69, 9.17) is 11.6 Å². The zero-order valence-corrected chi connectivity index (χ0v) is 15.5. The van der Waals surface area contributed by atoms with Gasteiger partial charge in [0.25, 0.3) is 5.91 Å². The first-order valence-electron chi connectivity index (χ1n) is 8.21. The molecule has 0 saturated heterocycles. The Morgan fingerprint density at radius 1 is 1.04 bits per heavy atom. The van der Waals surface area contributed by atoms with Crippen LogP contribution in [0.15, 0.2) is 54.7 Å². The number of nitrogens with one attached hydrogen (secondary N) is 2. The maximum atomic E-state index is 12.4. The number of rotatable bonds is 5. The number of ketones is 1. The molecule has 136 valence electrons. The molecule has 3 aromatic rings. The summed E-state index contributed by atoms with van der Waals surface area (Å²) in [6, 6.07) is 13.7. The minimum atomic E-state index is -0.376. The van der Waals surface area contributed by atoms with Crippen LogP contribution in [-0.4, -0.2) is 21.7 Å². The van der Waals surface area contributed by atoms with Gasteiger partial charge in [-0.25, -0.2) is 9.97 Å². The molecule has 1 amide bonds. The number of anilines is 3. The highest BCUT2D eigenvalue weighted by molar-refractivity contribution is 6.31. The first-order valence-corrected chi connectivity index (χ1v) is 8.59. The highest BCUT2D eigenvalue weighted by atomic mass is 35.5. The molecule has 0 aliphatic heterocycles. The molecule has 0 saturated carbocycles. The summed E-state index contributed by atoms with van der Waals surface area (Å²) in [7, 11) is 0. The Morgan fingerprint density at radius 3 is 2.48 bits per heavy atom. The molecule has 0 aliphatic carbocycles. The monoisotopic (exact) mass is 380 g/mol. The van der Waals surface area contributed by atoms with Crippen molar-refractivity contribution in [2.45, 2.75) is 13.8 Å². The Bertz CT molecular complexity index is 1000. The van der Waals surface area contributed by atoms with Crippen LogP contribution in [0.3, 0.4) is 0 Å². The molecule has 0 bridgehead atoms. The number of amides is 1. The van der Waals surface area contributed by atoms with Crippen LogP contribution >= 0.6 is 11.6 Å². The van der Waals surface area contributed by atoms with Gasteiger partial charge < -0.3 is 10.6 Å². The van der Waals surface area contributed by atoms with E-state index in [0.29, 0.717) is 22.2 Å². The van der Waals surface area contributed by atoms with Gasteiger partial charge in [0.2, 0.25) is 5.95 Å². The van der Waals surface area contributed by atoms with Gasteiger partial charge in [0.15, 0.2) is 5.78 Å². The molecule has 0 unspecified atom stereocenters. The van der Waals surface area contributed by atoms with Gasteiger partial charge in [0.05, 0.1) is 0 Å². The molecule has 2 aromatic carbocycles. The summed E-state index contributed by atoms with van der Waals surface area (Å²) in [5.41, 5.74) is 2.99. The number of aromatic nitrogens is 2. The predicted octanol–water partition coefficient (Wildman–Crippen LogP) is 4.64. The van der Waals surface area contributed by atoms with E-state index >= 15 is 0 Å². The normalized spacial score (nSPS) is 10.3. The fraction of sp³-hybridized carbons (Fsp3) is 0.100. The quantitative estimate of drug-likeness (QED) is 0.630. The lowest BCUT2D eigenvalue weighted by Crippen LogP contribution is -2.15. The Hall–Kier alpha value is -3.25. The standard InChI is InChI=1S/C20H17ClN4O2/c1-12-16(21)4-3-5-17(12)24-20-22-11-10-18(25-20)19(27)23-15-8-6-14(7-9-15)13(2)26/h3-11H,1-2H3,(H,23,27)(H,22,24,25). The molecule has 1 heterocycles. The number of halogens is 1. The van der Waals surface area contributed by atoms with Crippen LogP contribution in [0.5, 0.6) is 0 Å². The number of hydrogen-bond donors (Lipinski definition) is 2. The van der Waals surface area contributed by atoms with Gasteiger partial charge in [-0.15, -0.1) is 0 Å². The third kappa shape index (κ3) is 4.48. The van der Waals surface area contributed by atoms with Crippen LogP contribution in [0.1, 0.15) is 33.3 Å². The fourth-order valence-corrected chi connectivity index (χ4v) is 2.57. The van der Waals surface area contributed by atoms with Crippen molar-refractivity contribution in [2.24, 2.45) is 0 Å². The summed E-state index contributed by atoms with van der Waals surface area (Å²) >= 11 is 6.12. The van der Waals surface area contributed by atoms with Gasteiger partial charge in [-0.05, 0) is 61.9 Å². The zero-order chi connectivity index (χ0) is 19.4. The summed E-state index contributed by atoms with van der Waals surface area (Å²) in [6.45, 7) is 3.37. The second kappa shape index (κ2) is 7.97. The van der Waals surface area contributed by atoms with Gasteiger partial charge in [-0.3, -0.25) is 9.59 Å². The van der Waals surface area contributed by atoms with Crippen molar-refractivity contribution in [1.29, 1.82) is 0 Å². The molecule has 0 aliphatic rings. The van der Waals surface area contributed by atoms with Gasteiger partial charge >= 0.3 is 0 Å². The van der Waals surface area contributed by atoms with Gasteiger partial charge in [0, 0.05) is 28.2 Å². The predicted molar refractivity (Wildman–Crippen MR) is 106 cm³/mol. The minimum absolute atomic E-state index is 0.0318. The average molecular weight is 381 g/mol. The fourth-order valence-electron chi connectivity index (χ4n) is 2.39. The second-order valence-electron chi connectivity index (χ2n) is 5.89. The van der Waals surface area contributed by atoms with E-state index in [1.807, 2.05) is 19.1 Å². The van der Waals surface area contributed by atoms with E-state index in [2.05, 4.69) is 20.6 Å². The number of carbonyl (C=O) groups is 2. The van der Waals surface area contributed by atoms with Crippen molar-refractivity contribution in [1.82, 2.24) is 9.97 Å². The van der Waals surface area contributed by atoms with Crippen LogP contribution in [0.4, 0.5) is 17.3 Å². The zero-order valence-electron chi connectivity index (χ0n) is 14.8. The van der Waals surface area contributed by atoms with Crippen LogP contribution in [0.2, 0.25) is 5.02 Å². The Balaban J connectivity index is 1.75. The second-order valence-corrected chi connectivity index (χ2v) is 6.30. The molecule has 0 fully saturated rings. The molecule has 0 radical (unpaired) electrons. The number of Topliss-reactive ketones (excluding diaryl/α,β-unsaturated/α-hetero) is 1. The summed E-state index contributed by atoms with van der Waals surface area (Å²) in [5.74, 6) is -0.116.